The van der Waals surface area contributed by atoms with E-state index in [1.54, 1.807) is 41.3 Å². The summed E-state index contributed by atoms with van der Waals surface area (Å²) in [4.78, 5) is 26.7. The zero-order valence-electron chi connectivity index (χ0n) is 19.0. The third-order valence-corrected chi connectivity index (χ3v) is 5.30. The lowest BCUT2D eigenvalue weighted by molar-refractivity contribution is 0.0673. The molecule has 0 aliphatic carbocycles. The number of anilines is 1. The molecular formula is C23H30ClN3O5. The molecule has 32 heavy (non-hydrogen) atoms. The van der Waals surface area contributed by atoms with Crippen molar-refractivity contribution in [2.45, 2.75) is 20.4 Å². The van der Waals surface area contributed by atoms with Crippen LogP contribution in [0.3, 0.4) is 0 Å². The smallest absolute Gasteiger partial charge is 0.411 e. The molecule has 0 atom stereocenters. The maximum absolute atomic E-state index is 13.5. The second-order valence-corrected chi connectivity index (χ2v) is 8.43. The van der Waals surface area contributed by atoms with E-state index in [4.69, 9.17) is 26.8 Å². The Hall–Kier alpha value is -2.97. The molecule has 0 radical (unpaired) electrons. The number of ether oxygens (including phenoxy) is 3. The Balaban J connectivity index is 2.41. The van der Waals surface area contributed by atoms with Gasteiger partial charge in [0.2, 0.25) is 0 Å². The minimum atomic E-state index is -0.596. The summed E-state index contributed by atoms with van der Waals surface area (Å²) in [5.41, 5.74) is 7.22. The summed E-state index contributed by atoms with van der Waals surface area (Å²) in [7, 11) is 4.33. The largest absolute Gasteiger partial charge is 0.493 e. The van der Waals surface area contributed by atoms with E-state index in [0.717, 1.165) is 0 Å². The lowest BCUT2D eigenvalue weighted by atomic mass is 9.92. The zero-order valence-corrected chi connectivity index (χ0v) is 19.8. The summed E-state index contributed by atoms with van der Waals surface area (Å²) in [6.07, 6.45) is -0.596. The number of nitrogens with two attached hydrogens (primary N) is 1. The van der Waals surface area contributed by atoms with E-state index < -0.39 is 6.09 Å². The minimum absolute atomic E-state index is 0.213. The van der Waals surface area contributed by atoms with Crippen LogP contribution in [0.25, 0.3) is 0 Å². The van der Waals surface area contributed by atoms with Crippen LogP contribution in [0.5, 0.6) is 11.5 Å². The molecule has 0 aliphatic rings. The SMILES string of the molecule is COC(=O)Nc1ccc(Cl)c(CN(CC(C)(C)CN)C(=O)c2ccc(OC)c(OC)c2)c1. The van der Waals surface area contributed by atoms with Gasteiger partial charge in [0, 0.05) is 29.4 Å². The number of rotatable bonds is 9. The molecule has 0 aromatic heterocycles. The van der Waals surface area contributed by atoms with Gasteiger partial charge in [0.1, 0.15) is 0 Å². The number of hydrogen-bond acceptors (Lipinski definition) is 6. The first-order valence-corrected chi connectivity index (χ1v) is 10.4. The van der Waals surface area contributed by atoms with Gasteiger partial charge in [0.15, 0.2) is 11.5 Å². The van der Waals surface area contributed by atoms with Gasteiger partial charge < -0.3 is 24.8 Å². The molecule has 0 spiro atoms. The number of benzene rings is 2. The summed E-state index contributed by atoms with van der Waals surface area (Å²) in [5.74, 6) is 0.774. The highest BCUT2D eigenvalue weighted by atomic mass is 35.5. The number of nitrogens with zero attached hydrogens (tertiary/aromatic N) is 1. The van der Waals surface area contributed by atoms with Crippen LogP contribution < -0.4 is 20.5 Å². The molecular weight excluding hydrogens is 434 g/mol. The van der Waals surface area contributed by atoms with Gasteiger partial charge >= 0.3 is 6.09 Å². The van der Waals surface area contributed by atoms with Gasteiger partial charge in [-0.1, -0.05) is 25.4 Å². The number of nitrogens with one attached hydrogen (secondary N) is 1. The Morgan fingerprint density at radius 3 is 2.34 bits per heavy atom. The van der Waals surface area contributed by atoms with E-state index in [-0.39, 0.29) is 17.9 Å². The molecule has 2 aromatic carbocycles. The summed E-state index contributed by atoms with van der Waals surface area (Å²) in [6, 6.07) is 10.0. The van der Waals surface area contributed by atoms with Crippen molar-refractivity contribution in [2.24, 2.45) is 11.1 Å². The lowest BCUT2D eigenvalue weighted by Gasteiger charge is -2.32. The fourth-order valence-corrected chi connectivity index (χ4v) is 3.26. The first-order valence-electron chi connectivity index (χ1n) is 9.99. The Morgan fingerprint density at radius 1 is 1.06 bits per heavy atom. The predicted octanol–water partition coefficient (Wildman–Crippen LogP) is 4.16. The van der Waals surface area contributed by atoms with Crippen LogP contribution >= 0.6 is 11.6 Å². The molecule has 0 unspecified atom stereocenters. The van der Waals surface area contributed by atoms with Crippen LogP contribution in [0.4, 0.5) is 10.5 Å². The molecule has 2 amide bonds. The molecule has 2 aromatic rings. The molecule has 174 valence electrons. The van der Waals surface area contributed by atoms with Gasteiger partial charge in [-0.15, -0.1) is 0 Å². The van der Waals surface area contributed by atoms with E-state index in [1.807, 2.05) is 13.8 Å². The van der Waals surface area contributed by atoms with Crippen molar-refractivity contribution in [3.05, 3.63) is 52.5 Å². The molecule has 9 heteroatoms. The minimum Gasteiger partial charge on any atom is -0.493 e. The summed E-state index contributed by atoms with van der Waals surface area (Å²) in [5, 5.41) is 3.08. The highest BCUT2D eigenvalue weighted by Crippen LogP contribution is 2.30. The summed E-state index contributed by atoms with van der Waals surface area (Å²) < 4.78 is 15.2. The molecule has 0 fully saturated rings. The predicted molar refractivity (Wildman–Crippen MR) is 125 cm³/mol. The second kappa shape index (κ2) is 11.1. The van der Waals surface area contributed by atoms with Crippen LogP contribution in [0.1, 0.15) is 29.8 Å². The van der Waals surface area contributed by atoms with Crippen molar-refractivity contribution >= 4 is 29.3 Å². The molecule has 0 aliphatic heterocycles. The summed E-state index contributed by atoms with van der Waals surface area (Å²) >= 11 is 6.41. The van der Waals surface area contributed by atoms with Crippen molar-refractivity contribution in [3.63, 3.8) is 0 Å². The topological polar surface area (TPSA) is 103 Å². The molecule has 8 nitrogen and oxygen atoms in total. The second-order valence-electron chi connectivity index (χ2n) is 8.02. The Labute approximate surface area is 193 Å². The molecule has 3 N–H and O–H groups in total. The third-order valence-electron chi connectivity index (χ3n) is 4.93. The van der Waals surface area contributed by atoms with Gasteiger partial charge in [0.05, 0.1) is 21.3 Å². The molecule has 0 heterocycles. The van der Waals surface area contributed by atoms with Crippen LogP contribution in [0.15, 0.2) is 36.4 Å². The molecule has 0 bridgehead atoms. The average Bonchev–Trinajstić information content (AvgIpc) is 2.79. The first kappa shape index (κ1) is 25.3. The average molecular weight is 464 g/mol. The maximum atomic E-state index is 13.5. The molecule has 0 saturated carbocycles. The standard InChI is InChI=1S/C23H30ClN3O5/c1-23(2,13-25)14-27(21(28)15-6-9-19(30-3)20(11-15)31-4)12-16-10-17(7-8-18(16)24)26-22(29)32-5/h6-11H,12-14,25H2,1-5H3,(H,26,29). The number of carbonyl (C=O) groups is 2. The fourth-order valence-electron chi connectivity index (χ4n) is 3.08. The van der Waals surface area contributed by atoms with Crippen molar-refractivity contribution in [1.82, 2.24) is 4.90 Å². The molecule has 2 rings (SSSR count). The maximum Gasteiger partial charge on any atom is 0.411 e. The number of carbonyl (C=O) groups excluding carboxylic acids is 2. The van der Waals surface area contributed by atoms with Crippen LogP contribution in [-0.2, 0) is 11.3 Å². The molecule has 0 saturated heterocycles. The van der Waals surface area contributed by atoms with Crippen LogP contribution in [0.2, 0.25) is 5.02 Å². The quantitative estimate of drug-likeness (QED) is 0.578. The highest BCUT2D eigenvalue weighted by Gasteiger charge is 2.26. The highest BCUT2D eigenvalue weighted by molar-refractivity contribution is 6.31. The Bertz CT molecular complexity index is 965. The number of amides is 2. The zero-order chi connectivity index (χ0) is 23.9. The van der Waals surface area contributed by atoms with Crippen molar-refractivity contribution in [2.75, 3.05) is 39.7 Å². The number of hydrogen-bond donors (Lipinski definition) is 2. The van der Waals surface area contributed by atoms with Crippen LogP contribution in [0, 0.1) is 5.41 Å². The van der Waals surface area contributed by atoms with E-state index in [0.29, 0.717) is 46.4 Å². The van der Waals surface area contributed by atoms with E-state index >= 15 is 0 Å². The van der Waals surface area contributed by atoms with Gasteiger partial charge in [-0.3, -0.25) is 10.1 Å². The van der Waals surface area contributed by atoms with Gasteiger partial charge in [0.25, 0.3) is 5.91 Å². The first-order chi connectivity index (χ1) is 15.1. The van der Waals surface area contributed by atoms with Crippen molar-refractivity contribution < 1.29 is 23.8 Å². The third kappa shape index (κ3) is 6.51. The normalized spacial score (nSPS) is 11.0. The Kier molecular flexibility index (Phi) is 8.74. The Morgan fingerprint density at radius 2 is 1.75 bits per heavy atom. The van der Waals surface area contributed by atoms with Crippen LogP contribution in [-0.4, -0.2) is 51.3 Å². The van der Waals surface area contributed by atoms with Crippen molar-refractivity contribution in [3.8, 4) is 11.5 Å². The van der Waals surface area contributed by atoms with Gasteiger partial charge in [-0.05, 0) is 53.9 Å². The fraction of sp³-hybridized carbons (Fsp3) is 0.391. The van der Waals surface area contributed by atoms with E-state index in [1.165, 1.54) is 21.3 Å². The van der Waals surface area contributed by atoms with E-state index in [9.17, 15) is 9.59 Å². The van der Waals surface area contributed by atoms with Gasteiger partial charge in [-0.2, -0.15) is 0 Å². The van der Waals surface area contributed by atoms with Gasteiger partial charge in [-0.25, -0.2) is 4.79 Å². The monoisotopic (exact) mass is 463 g/mol. The number of halogens is 1. The number of methoxy groups -OCH3 is 3. The summed E-state index contributed by atoms with van der Waals surface area (Å²) in [6.45, 7) is 4.96. The van der Waals surface area contributed by atoms with E-state index in [2.05, 4.69) is 10.1 Å². The lowest BCUT2D eigenvalue weighted by Crippen LogP contribution is -2.41. The van der Waals surface area contributed by atoms with Crippen molar-refractivity contribution in [1.29, 1.82) is 0 Å².